The average Bonchev–Trinajstić information content (AvgIpc) is 2.62. The summed E-state index contributed by atoms with van der Waals surface area (Å²) in [5.74, 6) is 2.20. The molecule has 0 unspecified atom stereocenters. The van der Waals surface area contributed by atoms with E-state index in [9.17, 15) is 5.11 Å². The fraction of sp³-hybridized carbons (Fsp3) is 0.714. The molecule has 6 nitrogen and oxygen atoms in total. The van der Waals surface area contributed by atoms with Crippen LogP contribution in [0.4, 0.5) is 0 Å². The second-order valence-corrected chi connectivity index (χ2v) is 8.45. The first-order valence-corrected chi connectivity index (χ1v) is 9.67. The fourth-order valence-electron chi connectivity index (χ4n) is 3.80. The highest BCUT2D eigenvalue weighted by atomic mass is 16.5. The van der Waals surface area contributed by atoms with Crippen molar-refractivity contribution in [2.24, 2.45) is 5.41 Å². The van der Waals surface area contributed by atoms with Crippen molar-refractivity contribution in [3.63, 3.8) is 0 Å². The van der Waals surface area contributed by atoms with E-state index in [1.807, 2.05) is 12.1 Å². The molecule has 0 amide bonds. The van der Waals surface area contributed by atoms with Gasteiger partial charge in [0.15, 0.2) is 11.5 Å². The van der Waals surface area contributed by atoms with Gasteiger partial charge >= 0.3 is 0 Å². The standard InChI is InChI=1S/C21H36N2O4/c1-21(2,3)15-23-9-8-22(14-17(23)7-10-24)13-16-11-19(26-5)20(27-6)12-18(16)25-4/h11-12,17,24H,7-10,13-15H2,1-6H3/t17-/m0/s1. The largest absolute Gasteiger partial charge is 0.496 e. The van der Waals surface area contributed by atoms with Gasteiger partial charge in [-0.2, -0.15) is 0 Å². The maximum atomic E-state index is 9.52. The van der Waals surface area contributed by atoms with Crippen LogP contribution in [-0.4, -0.2) is 75.1 Å². The second kappa shape index (κ2) is 9.62. The summed E-state index contributed by atoms with van der Waals surface area (Å²) in [5, 5.41) is 9.52. The Morgan fingerprint density at radius 1 is 1.00 bits per heavy atom. The highest BCUT2D eigenvalue weighted by Crippen LogP contribution is 2.35. The zero-order valence-electron chi connectivity index (χ0n) is 17.7. The molecule has 0 aromatic heterocycles. The molecule has 1 N–H and O–H groups in total. The number of methoxy groups -OCH3 is 3. The van der Waals surface area contributed by atoms with Crippen LogP contribution in [0.25, 0.3) is 0 Å². The summed E-state index contributed by atoms with van der Waals surface area (Å²) in [6.07, 6.45) is 0.801. The molecule has 0 bridgehead atoms. The van der Waals surface area contributed by atoms with Gasteiger partial charge in [-0.15, -0.1) is 0 Å². The van der Waals surface area contributed by atoms with Gasteiger partial charge in [0.25, 0.3) is 0 Å². The molecule has 154 valence electrons. The molecule has 0 radical (unpaired) electrons. The summed E-state index contributed by atoms with van der Waals surface area (Å²) < 4.78 is 16.4. The summed E-state index contributed by atoms with van der Waals surface area (Å²) in [4.78, 5) is 4.96. The first-order valence-electron chi connectivity index (χ1n) is 9.67. The third kappa shape index (κ3) is 5.99. The molecule has 1 heterocycles. The van der Waals surface area contributed by atoms with Crippen LogP contribution in [0, 0.1) is 5.41 Å². The van der Waals surface area contributed by atoms with Crippen LogP contribution in [0.5, 0.6) is 17.2 Å². The van der Waals surface area contributed by atoms with E-state index in [2.05, 4.69) is 30.6 Å². The summed E-state index contributed by atoms with van der Waals surface area (Å²) in [5.41, 5.74) is 1.34. The maximum Gasteiger partial charge on any atom is 0.164 e. The lowest BCUT2D eigenvalue weighted by Gasteiger charge is -2.44. The number of aliphatic hydroxyl groups excluding tert-OH is 1. The van der Waals surface area contributed by atoms with Crippen molar-refractivity contribution in [1.29, 1.82) is 0 Å². The normalized spacial score (nSPS) is 19.1. The number of rotatable bonds is 8. The lowest BCUT2D eigenvalue weighted by Crippen LogP contribution is -2.54. The molecular formula is C21H36N2O4. The Balaban J connectivity index is 2.14. The Hall–Kier alpha value is -1.50. The molecule has 27 heavy (non-hydrogen) atoms. The third-order valence-electron chi connectivity index (χ3n) is 5.01. The lowest BCUT2D eigenvalue weighted by molar-refractivity contribution is 0.0337. The van der Waals surface area contributed by atoms with Gasteiger partial charge < -0.3 is 19.3 Å². The molecule has 0 aliphatic carbocycles. The van der Waals surface area contributed by atoms with Gasteiger partial charge in [0, 0.05) is 57.0 Å². The van der Waals surface area contributed by atoms with Crippen molar-refractivity contribution < 1.29 is 19.3 Å². The number of hydrogen-bond donors (Lipinski definition) is 1. The highest BCUT2D eigenvalue weighted by molar-refractivity contribution is 5.50. The van der Waals surface area contributed by atoms with Gasteiger partial charge in [-0.1, -0.05) is 20.8 Å². The quantitative estimate of drug-likeness (QED) is 0.748. The van der Waals surface area contributed by atoms with Gasteiger partial charge in [0.2, 0.25) is 0 Å². The van der Waals surface area contributed by atoms with Gasteiger partial charge in [-0.05, 0) is 17.9 Å². The Bertz CT molecular complexity index is 601. The molecule has 1 fully saturated rings. The van der Waals surface area contributed by atoms with Gasteiger partial charge in [0.1, 0.15) is 5.75 Å². The molecule has 1 aliphatic heterocycles. The van der Waals surface area contributed by atoms with Crippen molar-refractivity contribution in [1.82, 2.24) is 9.80 Å². The number of piperazine rings is 1. The van der Waals surface area contributed by atoms with Crippen LogP contribution in [0.3, 0.4) is 0 Å². The minimum Gasteiger partial charge on any atom is -0.496 e. The fourth-order valence-corrected chi connectivity index (χ4v) is 3.80. The number of ether oxygens (including phenoxy) is 3. The summed E-state index contributed by atoms with van der Waals surface area (Å²) in [6.45, 7) is 11.8. The minimum atomic E-state index is 0.221. The van der Waals surface area contributed by atoms with E-state index in [1.54, 1.807) is 21.3 Å². The highest BCUT2D eigenvalue weighted by Gasteiger charge is 2.30. The smallest absolute Gasteiger partial charge is 0.164 e. The van der Waals surface area contributed by atoms with E-state index in [4.69, 9.17) is 14.2 Å². The average molecular weight is 381 g/mol. The van der Waals surface area contributed by atoms with E-state index >= 15 is 0 Å². The van der Waals surface area contributed by atoms with E-state index in [1.165, 1.54) is 0 Å². The maximum absolute atomic E-state index is 9.52. The monoisotopic (exact) mass is 380 g/mol. The van der Waals surface area contributed by atoms with E-state index < -0.39 is 0 Å². The number of benzene rings is 1. The van der Waals surface area contributed by atoms with Crippen LogP contribution in [0.1, 0.15) is 32.8 Å². The molecule has 1 aromatic carbocycles. The molecule has 1 saturated heterocycles. The minimum absolute atomic E-state index is 0.221. The lowest BCUT2D eigenvalue weighted by atomic mass is 9.94. The first kappa shape index (κ1) is 21.8. The number of aliphatic hydroxyl groups is 1. The SMILES string of the molecule is COc1cc(OC)c(OC)cc1CN1CCN(CC(C)(C)C)[C@@H](CCO)C1. The van der Waals surface area contributed by atoms with Crippen molar-refractivity contribution in [3.05, 3.63) is 17.7 Å². The molecule has 1 aromatic rings. The Labute approximate surface area is 164 Å². The molecule has 0 spiro atoms. The Morgan fingerprint density at radius 2 is 1.63 bits per heavy atom. The van der Waals surface area contributed by atoms with Crippen molar-refractivity contribution in [3.8, 4) is 17.2 Å². The zero-order chi connectivity index (χ0) is 20.0. The van der Waals surface area contributed by atoms with Crippen LogP contribution in [-0.2, 0) is 6.54 Å². The summed E-state index contributed by atoms with van der Waals surface area (Å²) in [6, 6.07) is 4.25. The molecule has 1 aliphatic rings. The number of hydrogen-bond acceptors (Lipinski definition) is 6. The van der Waals surface area contributed by atoms with E-state index in [-0.39, 0.29) is 12.0 Å². The summed E-state index contributed by atoms with van der Waals surface area (Å²) >= 11 is 0. The Kier molecular flexibility index (Phi) is 7.77. The Morgan fingerprint density at radius 3 is 2.19 bits per heavy atom. The van der Waals surface area contributed by atoms with Crippen molar-refractivity contribution in [2.45, 2.75) is 39.8 Å². The molecule has 2 rings (SSSR count). The second-order valence-electron chi connectivity index (χ2n) is 8.45. The number of nitrogens with zero attached hydrogens (tertiary/aromatic N) is 2. The zero-order valence-corrected chi connectivity index (χ0v) is 17.7. The van der Waals surface area contributed by atoms with Gasteiger partial charge in [-0.3, -0.25) is 9.80 Å². The van der Waals surface area contributed by atoms with E-state index in [0.717, 1.165) is 50.5 Å². The molecule has 1 atom stereocenters. The van der Waals surface area contributed by atoms with Crippen molar-refractivity contribution >= 4 is 0 Å². The van der Waals surface area contributed by atoms with Crippen LogP contribution >= 0.6 is 0 Å². The molecular weight excluding hydrogens is 344 g/mol. The predicted molar refractivity (Wildman–Crippen MR) is 108 cm³/mol. The third-order valence-corrected chi connectivity index (χ3v) is 5.01. The van der Waals surface area contributed by atoms with Crippen LogP contribution < -0.4 is 14.2 Å². The van der Waals surface area contributed by atoms with Gasteiger partial charge in [0.05, 0.1) is 21.3 Å². The van der Waals surface area contributed by atoms with E-state index in [0.29, 0.717) is 17.5 Å². The van der Waals surface area contributed by atoms with Gasteiger partial charge in [-0.25, -0.2) is 0 Å². The van der Waals surface area contributed by atoms with Crippen LogP contribution in [0.15, 0.2) is 12.1 Å². The van der Waals surface area contributed by atoms with Crippen molar-refractivity contribution in [2.75, 3.05) is 54.1 Å². The summed E-state index contributed by atoms with van der Waals surface area (Å²) in [7, 11) is 4.96. The van der Waals surface area contributed by atoms with Crippen LogP contribution in [0.2, 0.25) is 0 Å². The first-order chi connectivity index (χ1) is 12.8. The topological polar surface area (TPSA) is 54.4 Å². The molecule has 0 saturated carbocycles. The predicted octanol–water partition coefficient (Wildman–Crippen LogP) is 2.63. The molecule has 6 heteroatoms.